The second-order valence-corrected chi connectivity index (χ2v) is 7.05. The third-order valence-electron chi connectivity index (χ3n) is 5.33. The molecule has 0 bridgehead atoms. The van der Waals surface area contributed by atoms with Crippen LogP contribution in [0.1, 0.15) is 16.1 Å². The van der Waals surface area contributed by atoms with Gasteiger partial charge in [-0.15, -0.1) is 0 Å². The zero-order valence-electron chi connectivity index (χ0n) is 17.6. The average molecular weight is 417 g/mol. The van der Waals surface area contributed by atoms with E-state index in [9.17, 15) is 9.90 Å². The van der Waals surface area contributed by atoms with Gasteiger partial charge in [-0.2, -0.15) is 0 Å². The molecule has 4 aromatic rings. The van der Waals surface area contributed by atoms with E-state index in [0.29, 0.717) is 29.4 Å². The molecule has 1 N–H and O–H groups in total. The maximum absolute atomic E-state index is 12.5. The number of benzene rings is 3. The van der Waals surface area contributed by atoms with E-state index in [-0.39, 0.29) is 5.69 Å². The third kappa shape index (κ3) is 3.68. The van der Waals surface area contributed by atoms with Crippen LogP contribution in [-0.2, 0) is 6.54 Å². The second-order valence-electron chi connectivity index (χ2n) is 7.05. The Bertz CT molecular complexity index is 1230. The first-order valence-corrected chi connectivity index (χ1v) is 9.77. The van der Waals surface area contributed by atoms with Crippen molar-refractivity contribution < 1.29 is 24.1 Å². The fourth-order valence-corrected chi connectivity index (χ4v) is 3.88. The summed E-state index contributed by atoms with van der Waals surface area (Å²) in [5, 5.41) is 11.0. The molecular formula is C25H23NO5. The molecule has 6 nitrogen and oxygen atoms in total. The van der Waals surface area contributed by atoms with Crippen molar-refractivity contribution in [2.75, 3.05) is 21.3 Å². The predicted molar refractivity (Wildman–Crippen MR) is 120 cm³/mol. The Balaban J connectivity index is 2.06. The van der Waals surface area contributed by atoms with Crippen molar-refractivity contribution in [3.05, 3.63) is 78.0 Å². The lowest BCUT2D eigenvalue weighted by Gasteiger charge is -2.11. The molecule has 0 atom stereocenters. The Kier molecular flexibility index (Phi) is 5.54. The molecule has 0 amide bonds. The van der Waals surface area contributed by atoms with E-state index >= 15 is 0 Å². The summed E-state index contributed by atoms with van der Waals surface area (Å²) in [6.07, 6.45) is 0. The average Bonchev–Trinajstić information content (AvgIpc) is 3.12. The van der Waals surface area contributed by atoms with Crippen LogP contribution in [0, 0.1) is 0 Å². The van der Waals surface area contributed by atoms with Crippen LogP contribution in [0.5, 0.6) is 17.2 Å². The summed E-state index contributed by atoms with van der Waals surface area (Å²) in [6, 6.07) is 20.8. The normalized spacial score (nSPS) is 10.8. The van der Waals surface area contributed by atoms with E-state index in [1.54, 1.807) is 21.3 Å². The van der Waals surface area contributed by atoms with Crippen LogP contribution >= 0.6 is 0 Å². The van der Waals surface area contributed by atoms with Crippen molar-refractivity contribution in [2.45, 2.75) is 6.54 Å². The number of carboxylic acids is 1. The highest BCUT2D eigenvalue weighted by Crippen LogP contribution is 2.41. The standard InChI is InChI=1S/C25H23NO5/c1-29-18-11-9-17(10-12-18)23-19-13-21(30-2)22(31-3)14-20(19)26(24(23)25(27)28)15-16-7-5-4-6-8-16/h4-14H,15H2,1-3H3,(H,27,28). The molecule has 6 heteroatoms. The first-order chi connectivity index (χ1) is 15.1. The Hall–Kier alpha value is -3.93. The van der Waals surface area contributed by atoms with Gasteiger partial charge >= 0.3 is 5.97 Å². The number of hydrogen-bond acceptors (Lipinski definition) is 4. The zero-order chi connectivity index (χ0) is 22.0. The molecule has 0 aliphatic rings. The fraction of sp³-hybridized carbons (Fsp3) is 0.160. The van der Waals surface area contributed by atoms with E-state index in [1.807, 2.05) is 71.3 Å². The number of fused-ring (bicyclic) bond motifs is 1. The summed E-state index contributed by atoms with van der Waals surface area (Å²) in [7, 11) is 4.73. The van der Waals surface area contributed by atoms with Gasteiger partial charge in [-0.3, -0.25) is 0 Å². The predicted octanol–water partition coefficient (Wildman–Crippen LogP) is 5.08. The fourth-order valence-electron chi connectivity index (χ4n) is 3.88. The summed E-state index contributed by atoms with van der Waals surface area (Å²) in [4.78, 5) is 12.5. The van der Waals surface area contributed by atoms with Gasteiger partial charge < -0.3 is 23.9 Å². The summed E-state index contributed by atoms with van der Waals surface area (Å²) in [5.41, 5.74) is 3.37. The van der Waals surface area contributed by atoms with Gasteiger partial charge in [0.2, 0.25) is 0 Å². The maximum atomic E-state index is 12.5. The molecule has 158 valence electrons. The van der Waals surface area contributed by atoms with Crippen LogP contribution in [-0.4, -0.2) is 37.0 Å². The summed E-state index contributed by atoms with van der Waals surface area (Å²) < 4.78 is 18.1. The highest BCUT2D eigenvalue weighted by atomic mass is 16.5. The van der Waals surface area contributed by atoms with Crippen molar-refractivity contribution in [3.63, 3.8) is 0 Å². The highest BCUT2D eigenvalue weighted by Gasteiger charge is 2.25. The first-order valence-electron chi connectivity index (χ1n) is 9.77. The van der Waals surface area contributed by atoms with Gasteiger partial charge in [-0.05, 0) is 29.3 Å². The molecule has 4 rings (SSSR count). The Morgan fingerprint density at radius 3 is 2.10 bits per heavy atom. The van der Waals surface area contributed by atoms with Gasteiger partial charge in [-0.1, -0.05) is 42.5 Å². The van der Waals surface area contributed by atoms with Crippen molar-refractivity contribution >= 4 is 16.9 Å². The maximum Gasteiger partial charge on any atom is 0.353 e. The molecule has 0 aliphatic heterocycles. The van der Waals surface area contributed by atoms with Crippen molar-refractivity contribution in [1.29, 1.82) is 0 Å². The lowest BCUT2D eigenvalue weighted by atomic mass is 10.0. The number of aromatic nitrogens is 1. The molecule has 0 saturated carbocycles. The largest absolute Gasteiger partial charge is 0.497 e. The lowest BCUT2D eigenvalue weighted by molar-refractivity contribution is 0.0687. The SMILES string of the molecule is COc1ccc(-c2c(C(=O)O)n(Cc3ccccc3)c3cc(OC)c(OC)cc23)cc1. The van der Waals surface area contributed by atoms with Crippen LogP contribution in [0.2, 0.25) is 0 Å². The minimum Gasteiger partial charge on any atom is -0.497 e. The van der Waals surface area contributed by atoms with Gasteiger partial charge in [-0.25, -0.2) is 4.79 Å². The second kappa shape index (κ2) is 8.44. The summed E-state index contributed by atoms with van der Waals surface area (Å²) in [6.45, 7) is 0.407. The van der Waals surface area contributed by atoms with E-state index in [4.69, 9.17) is 14.2 Å². The summed E-state index contributed by atoms with van der Waals surface area (Å²) >= 11 is 0. The van der Waals surface area contributed by atoms with Gasteiger partial charge in [0.1, 0.15) is 11.4 Å². The van der Waals surface area contributed by atoms with E-state index < -0.39 is 5.97 Å². The number of methoxy groups -OCH3 is 3. The Morgan fingerprint density at radius 1 is 0.871 bits per heavy atom. The lowest BCUT2D eigenvalue weighted by Crippen LogP contribution is -2.10. The first kappa shape index (κ1) is 20.3. The highest BCUT2D eigenvalue weighted by molar-refractivity contribution is 6.09. The molecule has 31 heavy (non-hydrogen) atoms. The van der Waals surface area contributed by atoms with Crippen molar-refractivity contribution in [1.82, 2.24) is 4.57 Å². The van der Waals surface area contributed by atoms with Crippen LogP contribution in [0.4, 0.5) is 0 Å². The van der Waals surface area contributed by atoms with Crippen molar-refractivity contribution in [2.24, 2.45) is 0 Å². The Morgan fingerprint density at radius 2 is 1.52 bits per heavy atom. The summed E-state index contributed by atoms with van der Waals surface area (Å²) in [5.74, 6) is 0.780. The van der Waals surface area contributed by atoms with Crippen LogP contribution < -0.4 is 14.2 Å². The van der Waals surface area contributed by atoms with Crippen LogP contribution in [0.3, 0.4) is 0 Å². The number of rotatable bonds is 7. The minimum atomic E-state index is -1.00. The van der Waals surface area contributed by atoms with Gasteiger partial charge in [0.15, 0.2) is 11.5 Å². The van der Waals surface area contributed by atoms with E-state index in [1.165, 1.54) is 0 Å². The molecule has 1 heterocycles. The van der Waals surface area contributed by atoms with Crippen LogP contribution in [0.25, 0.3) is 22.0 Å². The van der Waals surface area contributed by atoms with E-state index in [0.717, 1.165) is 22.0 Å². The Labute approximate surface area is 180 Å². The monoisotopic (exact) mass is 417 g/mol. The molecular weight excluding hydrogens is 394 g/mol. The molecule has 0 saturated heterocycles. The van der Waals surface area contributed by atoms with Gasteiger partial charge in [0.05, 0.1) is 26.8 Å². The molecule has 0 aliphatic carbocycles. The van der Waals surface area contributed by atoms with Crippen molar-refractivity contribution in [3.8, 4) is 28.4 Å². The smallest absolute Gasteiger partial charge is 0.353 e. The quantitative estimate of drug-likeness (QED) is 0.454. The van der Waals surface area contributed by atoms with E-state index in [2.05, 4.69) is 0 Å². The number of hydrogen-bond donors (Lipinski definition) is 1. The number of carbonyl (C=O) groups is 1. The third-order valence-corrected chi connectivity index (χ3v) is 5.33. The minimum absolute atomic E-state index is 0.208. The molecule has 0 fully saturated rings. The molecule has 3 aromatic carbocycles. The van der Waals surface area contributed by atoms with Crippen LogP contribution in [0.15, 0.2) is 66.7 Å². The topological polar surface area (TPSA) is 69.9 Å². The number of aromatic carboxylic acids is 1. The van der Waals surface area contributed by atoms with Gasteiger partial charge in [0, 0.05) is 23.6 Å². The molecule has 0 unspecified atom stereocenters. The van der Waals surface area contributed by atoms with Gasteiger partial charge in [0.25, 0.3) is 0 Å². The number of nitrogens with zero attached hydrogens (tertiary/aromatic N) is 1. The zero-order valence-corrected chi connectivity index (χ0v) is 17.6. The molecule has 1 aromatic heterocycles. The molecule has 0 spiro atoms. The number of carboxylic acid groups (broad SMARTS) is 1. The number of ether oxygens (including phenoxy) is 3. The molecule has 0 radical (unpaired) electrons.